The highest BCUT2D eigenvalue weighted by Gasteiger charge is 2.24. The number of benzene rings is 1. The number of aliphatic carboxylic acids is 1. The number of piperidine rings is 1. The van der Waals surface area contributed by atoms with Crippen molar-refractivity contribution in [3.63, 3.8) is 0 Å². The predicted molar refractivity (Wildman–Crippen MR) is 92.0 cm³/mol. The molecule has 24 heavy (non-hydrogen) atoms. The minimum Gasteiger partial charge on any atom is -0.493 e. The van der Waals surface area contributed by atoms with Crippen LogP contribution in [0.3, 0.4) is 0 Å². The molecule has 132 valence electrons. The molecule has 0 aliphatic carbocycles. The molecular weight excluding hydrogens is 306 g/mol. The van der Waals surface area contributed by atoms with E-state index in [0.717, 1.165) is 24.2 Å². The molecule has 1 heterocycles. The fourth-order valence-corrected chi connectivity index (χ4v) is 2.89. The summed E-state index contributed by atoms with van der Waals surface area (Å²) in [7, 11) is 0. The van der Waals surface area contributed by atoms with Crippen LogP contribution in [0.1, 0.15) is 38.7 Å². The molecule has 0 unspecified atom stereocenters. The van der Waals surface area contributed by atoms with Gasteiger partial charge in [0.1, 0.15) is 5.75 Å². The van der Waals surface area contributed by atoms with E-state index in [-0.39, 0.29) is 18.2 Å². The number of carbonyl (C=O) groups is 2. The van der Waals surface area contributed by atoms with E-state index in [4.69, 9.17) is 9.84 Å². The Morgan fingerprint density at radius 2 is 1.83 bits per heavy atom. The smallest absolute Gasteiger partial charge is 0.303 e. The first kappa shape index (κ1) is 18.3. The number of carboxylic acid groups (broad SMARTS) is 1. The lowest BCUT2D eigenvalue weighted by Crippen LogP contribution is -2.39. The van der Waals surface area contributed by atoms with Crippen LogP contribution < -0.4 is 4.74 Å². The molecule has 0 saturated carbocycles. The molecule has 5 heteroatoms. The maximum atomic E-state index is 12.4. The van der Waals surface area contributed by atoms with Gasteiger partial charge in [-0.1, -0.05) is 26.0 Å². The molecule has 1 aromatic carbocycles. The van der Waals surface area contributed by atoms with Gasteiger partial charge in [0.05, 0.1) is 13.0 Å². The van der Waals surface area contributed by atoms with Crippen LogP contribution in [0.15, 0.2) is 24.3 Å². The summed E-state index contributed by atoms with van der Waals surface area (Å²) >= 11 is 0. The molecule has 0 radical (unpaired) electrons. The highest BCUT2D eigenvalue weighted by Crippen LogP contribution is 2.21. The second-order valence-electron chi connectivity index (χ2n) is 6.95. The second-order valence-corrected chi connectivity index (χ2v) is 6.95. The fourth-order valence-electron chi connectivity index (χ4n) is 2.89. The summed E-state index contributed by atoms with van der Waals surface area (Å²) < 4.78 is 5.64. The monoisotopic (exact) mass is 333 g/mol. The van der Waals surface area contributed by atoms with E-state index in [1.54, 1.807) is 0 Å². The lowest BCUT2D eigenvalue weighted by Gasteiger charge is -2.31. The molecule has 0 atom stereocenters. The van der Waals surface area contributed by atoms with Crippen LogP contribution in [0.2, 0.25) is 0 Å². The van der Waals surface area contributed by atoms with Gasteiger partial charge in [-0.15, -0.1) is 0 Å². The number of rotatable bonds is 7. The zero-order valence-electron chi connectivity index (χ0n) is 14.5. The van der Waals surface area contributed by atoms with Gasteiger partial charge in [0.25, 0.3) is 0 Å². The number of hydrogen-bond donors (Lipinski definition) is 1. The average Bonchev–Trinajstić information content (AvgIpc) is 2.54. The summed E-state index contributed by atoms with van der Waals surface area (Å²) in [5, 5.41) is 8.84. The zero-order chi connectivity index (χ0) is 17.5. The first-order valence-corrected chi connectivity index (χ1v) is 8.65. The first-order chi connectivity index (χ1) is 11.4. The van der Waals surface area contributed by atoms with E-state index < -0.39 is 5.97 Å². The van der Waals surface area contributed by atoms with Gasteiger partial charge in [0.2, 0.25) is 5.91 Å². The number of likely N-dealkylation sites (tertiary alicyclic amines) is 1. The van der Waals surface area contributed by atoms with Crippen LogP contribution in [0.25, 0.3) is 0 Å². The number of amides is 1. The van der Waals surface area contributed by atoms with Gasteiger partial charge < -0.3 is 14.7 Å². The van der Waals surface area contributed by atoms with Crippen LogP contribution in [0.4, 0.5) is 0 Å². The molecule has 1 aliphatic rings. The topological polar surface area (TPSA) is 66.8 Å². The lowest BCUT2D eigenvalue weighted by molar-refractivity contribution is -0.138. The second kappa shape index (κ2) is 8.71. The number of nitrogens with zero attached hydrogens (tertiary/aromatic N) is 1. The van der Waals surface area contributed by atoms with Crippen molar-refractivity contribution >= 4 is 11.9 Å². The van der Waals surface area contributed by atoms with Gasteiger partial charge in [-0.3, -0.25) is 9.59 Å². The van der Waals surface area contributed by atoms with Crippen LogP contribution in [0, 0.1) is 11.8 Å². The van der Waals surface area contributed by atoms with Crippen molar-refractivity contribution < 1.29 is 19.4 Å². The van der Waals surface area contributed by atoms with E-state index >= 15 is 0 Å². The summed E-state index contributed by atoms with van der Waals surface area (Å²) in [4.78, 5) is 25.0. The third-order valence-electron chi connectivity index (χ3n) is 4.29. The predicted octanol–water partition coefficient (Wildman–Crippen LogP) is 2.98. The molecule has 1 aliphatic heterocycles. The van der Waals surface area contributed by atoms with E-state index in [0.29, 0.717) is 32.0 Å². The van der Waals surface area contributed by atoms with Crippen LogP contribution >= 0.6 is 0 Å². The van der Waals surface area contributed by atoms with Crippen LogP contribution in [0.5, 0.6) is 5.75 Å². The van der Waals surface area contributed by atoms with Crippen molar-refractivity contribution in [2.24, 2.45) is 11.8 Å². The van der Waals surface area contributed by atoms with E-state index in [1.807, 2.05) is 29.2 Å². The minimum atomic E-state index is -0.750. The van der Waals surface area contributed by atoms with Crippen molar-refractivity contribution in [1.29, 1.82) is 0 Å². The molecule has 0 aromatic heterocycles. The molecule has 1 N–H and O–H groups in total. The Balaban J connectivity index is 1.79. The Labute approximate surface area is 143 Å². The summed E-state index contributed by atoms with van der Waals surface area (Å²) in [6.07, 6.45) is 2.15. The van der Waals surface area contributed by atoms with Crippen LogP contribution in [-0.2, 0) is 16.0 Å². The number of carboxylic acids is 1. The minimum absolute atomic E-state index is 0.111. The van der Waals surface area contributed by atoms with E-state index in [2.05, 4.69) is 13.8 Å². The molecular formula is C19H27NO4. The standard InChI is InChI=1S/C19H27NO4/c1-14(2)13-24-17-5-3-15(4-6-17)11-18(21)20-9-7-16(8-10-20)12-19(22)23/h3-6,14,16H,7-13H2,1-2H3,(H,22,23). The zero-order valence-corrected chi connectivity index (χ0v) is 14.5. The van der Waals surface area contributed by atoms with E-state index in [1.165, 1.54) is 0 Å². The molecule has 0 bridgehead atoms. The van der Waals surface area contributed by atoms with Crippen molar-refractivity contribution in [2.45, 2.75) is 39.5 Å². The van der Waals surface area contributed by atoms with E-state index in [9.17, 15) is 9.59 Å². The molecule has 1 aromatic rings. The molecule has 1 saturated heterocycles. The number of carbonyl (C=O) groups excluding carboxylic acids is 1. The Kier molecular flexibility index (Phi) is 6.64. The van der Waals surface area contributed by atoms with Crippen molar-refractivity contribution in [2.75, 3.05) is 19.7 Å². The third kappa shape index (κ3) is 5.87. The third-order valence-corrected chi connectivity index (χ3v) is 4.29. The van der Waals surface area contributed by atoms with Gasteiger partial charge in [-0.2, -0.15) is 0 Å². The molecule has 1 amide bonds. The average molecular weight is 333 g/mol. The highest BCUT2D eigenvalue weighted by molar-refractivity contribution is 5.79. The molecule has 1 fully saturated rings. The SMILES string of the molecule is CC(C)COc1ccc(CC(=O)N2CCC(CC(=O)O)CC2)cc1. The largest absolute Gasteiger partial charge is 0.493 e. The Morgan fingerprint density at radius 3 is 2.38 bits per heavy atom. The quantitative estimate of drug-likeness (QED) is 0.833. The van der Waals surface area contributed by atoms with Crippen molar-refractivity contribution in [3.05, 3.63) is 29.8 Å². The lowest BCUT2D eigenvalue weighted by atomic mass is 9.93. The fraction of sp³-hybridized carbons (Fsp3) is 0.579. The Morgan fingerprint density at radius 1 is 1.21 bits per heavy atom. The Hall–Kier alpha value is -2.04. The van der Waals surface area contributed by atoms with Crippen molar-refractivity contribution in [1.82, 2.24) is 4.90 Å². The van der Waals surface area contributed by atoms with Crippen LogP contribution in [-0.4, -0.2) is 41.6 Å². The summed E-state index contributed by atoms with van der Waals surface area (Å²) in [6.45, 7) is 6.21. The maximum absolute atomic E-state index is 12.4. The first-order valence-electron chi connectivity index (χ1n) is 8.65. The number of hydrogen-bond acceptors (Lipinski definition) is 3. The maximum Gasteiger partial charge on any atom is 0.303 e. The molecule has 5 nitrogen and oxygen atoms in total. The van der Waals surface area contributed by atoms with Gasteiger partial charge in [-0.05, 0) is 42.4 Å². The van der Waals surface area contributed by atoms with Gasteiger partial charge in [0, 0.05) is 19.5 Å². The summed E-state index contributed by atoms with van der Waals surface area (Å²) in [5.41, 5.74) is 0.976. The Bertz CT molecular complexity index is 545. The van der Waals surface area contributed by atoms with Crippen molar-refractivity contribution in [3.8, 4) is 5.75 Å². The van der Waals surface area contributed by atoms with Gasteiger partial charge >= 0.3 is 5.97 Å². The molecule has 2 rings (SSSR count). The summed E-state index contributed by atoms with van der Waals surface area (Å²) in [6, 6.07) is 7.68. The molecule has 0 spiro atoms. The normalized spacial score (nSPS) is 15.5. The van der Waals surface area contributed by atoms with Gasteiger partial charge in [-0.25, -0.2) is 0 Å². The number of ether oxygens (including phenoxy) is 1. The van der Waals surface area contributed by atoms with Gasteiger partial charge in [0.15, 0.2) is 0 Å². The highest BCUT2D eigenvalue weighted by atomic mass is 16.5. The summed E-state index contributed by atoms with van der Waals surface area (Å²) in [5.74, 6) is 0.868.